The van der Waals surface area contributed by atoms with E-state index in [1.807, 2.05) is 0 Å². The van der Waals surface area contributed by atoms with E-state index in [0.717, 1.165) is 6.54 Å². The fraction of sp³-hybridized carbons (Fsp3) is 0.667. The van der Waals surface area contributed by atoms with Crippen molar-refractivity contribution < 1.29 is 17.9 Å². The van der Waals surface area contributed by atoms with E-state index < -0.39 is 10.0 Å². The minimum absolute atomic E-state index is 0.151. The molecule has 1 aliphatic carbocycles. The predicted octanol–water partition coefficient (Wildman–Crippen LogP) is 2.09. The van der Waals surface area contributed by atoms with Crippen molar-refractivity contribution in [3.05, 3.63) is 24.3 Å². The third-order valence-corrected chi connectivity index (χ3v) is 7.89. The molecule has 1 aromatic carbocycles. The molecular formula is C21H33N3O4S. The van der Waals surface area contributed by atoms with E-state index >= 15 is 0 Å². The van der Waals surface area contributed by atoms with Crippen molar-refractivity contribution in [3.8, 4) is 5.75 Å². The molecule has 1 aliphatic heterocycles. The average molecular weight is 424 g/mol. The molecule has 3 rings (SSSR count). The second-order valence-corrected chi connectivity index (χ2v) is 9.92. The Kier molecular flexibility index (Phi) is 7.91. The fourth-order valence-electron chi connectivity index (χ4n) is 4.17. The first-order chi connectivity index (χ1) is 14.0. The molecule has 0 spiro atoms. The third kappa shape index (κ3) is 6.17. The summed E-state index contributed by atoms with van der Waals surface area (Å²) in [4.78, 5) is 14.6. The van der Waals surface area contributed by atoms with Gasteiger partial charge in [-0.05, 0) is 43.0 Å². The number of hydrogen-bond acceptors (Lipinski definition) is 5. The Hall–Kier alpha value is -1.64. The standard InChI is InChI=1S/C21H33N3O4S/c1-28-19-7-9-20(10-8-19)29(26,27)24-15-13-23(14-16-24)12-11-22-21(25)17-18-5-3-2-4-6-18/h7-10,18H,2-6,11-17H2,1H3,(H,22,25). The van der Waals surface area contributed by atoms with Gasteiger partial charge in [-0.2, -0.15) is 4.31 Å². The molecule has 0 bridgehead atoms. The number of methoxy groups -OCH3 is 1. The molecular weight excluding hydrogens is 390 g/mol. The lowest BCUT2D eigenvalue weighted by molar-refractivity contribution is -0.122. The molecule has 7 nitrogen and oxygen atoms in total. The number of piperazine rings is 1. The van der Waals surface area contributed by atoms with Crippen molar-refractivity contribution in [2.45, 2.75) is 43.4 Å². The van der Waals surface area contributed by atoms with Crippen LogP contribution in [-0.4, -0.2) is 69.9 Å². The lowest BCUT2D eigenvalue weighted by Gasteiger charge is -2.34. The molecule has 0 unspecified atom stereocenters. The van der Waals surface area contributed by atoms with Gasteiger partial charge >= 0.3 is 0 Å². The largest absolute Gasteiger partial charge is 0.497 e. The van der Waals surface area contributed by atoms with Crippen LogP contribution in [0.5, 0.6) is 5.75 Å². The van der Waals surface area contributed by atoms with Gasteiger partial charge in [0.05, 0.1) is 12.0 Å². The van der Waals surface area contributed by atoms with Crippen molar-refractivity contribution in [2.75, 3.05) is 46.4 Å². The van der Waals surface area contributed by atoms with Gasteiger partial charge in [-0.1, -0.05) is 19.3 Å². The summed E-state index contributed by atoms with van der Waals surface area (Å²) in [6.45, 7) is 3.65. The van der Waals surface area contributed by atoms with E-state index in [1.165, 1.54) is 36.4 Å². The molecule has 162 valence electrons. The van der Waals surface area contributed by atoms with Gasteiger partial charge in [0.1, 0.15) is 5.75 Å². The average Bonchev–Trinajstić information content (AvgIpc) is 2.75. The van der Waals surface area contributed by atoms with Crippen LogP contribution in [0, 0.1) is 5.92 Å². The summed E-state index contributed by atoms with van der Waals surface area (Å²) in [5, 5.41) is 3.03. The number of sulfonamides is 1. The Morgan fingerprint density at radius 3 is 2.34 bits per heavy atom. The maximum atomic E-state index is 12.8. The molecule has 0 atom stereocenters. The van der Waals surface area contributed by atoms with Crippen LogP contribution in [0.3, 0.4) is 0 Å². The van der Waals surface area contributed by atoms with Crippen LogP contribution in [-0.2, 0) is 14.8 Å². The van der Waals surface area contributed by atoms with Crippen LogP contribution < -0.4 is 10.1 Å². The number of amides is 1. The first-order valence-corrected chi connectivity index (χ1v) is 12.1. The SMILES string of the molecule is COc1ccc(S(=O)(=O)N2CCN(CCNC(=O)CC3CCCCC3)CC2)cc1. The summed E-state index contributed by atoms with van der Waals surface area (Å²) in [7, 11) is -1.92. The lowest BCUT2D eigenvalue weighted by Crippen LogP contribution is -2.50. The first kappa shape index (κ1) is 22.1. The molecule has 0 aromatic heterocycles. The van der Waals surface area contributed by atoms with E-state index in [1.54, 1.807) is 31.4 Å². The van der Waals surface area contributed by atoms with Crippen molar-refractivity contribution in [1.82, 2.24) is 14.5 Å². The van der Waals surface area contributed by atoms with Crippen molar-refractivity contribution in [1.29, 1.82) is 0 Å². The first-order valence-electron chi connectivity index (χ1n) is 10.6. The maximum absolute atomic E-state index is 12.8. The smallest absolute Gasteiger partial charge is 0.243 e. The van der Waals surface area contributed by atoms with Crippen LogP contribution in [0.4, 0.5) is 0 Å². The molecule has 0 radical (unpaired) electrons. The van der Waals surface area contributed by atoms with Gasteiger partial charge in [0.25, 0.3) is 0 Å². The van der Waals surface area contributed by atoms with Crippen molar-refractivity contribution in [2.24, 2.45) is 5.92 Å². The van der Waals surface area contributed by atoms with Crippen LogP contribution in [0.25, 0.3) is 0 Å². The van der Waals surface area contributed by atoms with Crippen LogP contribution in [0.15, 0.2) is 29.2 Å². The molecule has 2 aliphatic rings. The molecule has 1 saturated heterocycles. The summed E-state index contributed by atoms with van der Waals surface area (Å²) in [5.74, 6) is 1.34. The number of nitrogens with one attached hydrogen (secondary N) is 1. The van der Waals surface area contributed by atoms with Gasteiger partial charge in [-0.3, -0.25) is 9.69 Å². The zero-order valence-electron chi connectivity index (χ0n) is 17.3. The van der Waals surface area contributed by atoms with Gasteiger partial charge in [-0.25, -0.2) is 8.42 Å². The second-order valence-electron chi connectivity index (χ2n) is 7.98. The van der Waals surface area contributed by atoms with Crippen LogP contribution in [0.1, 0.15) is 38.5 Å². The minimum atomic E-state index is -3.48. The number of rotatable bonds is 8. The Morgan fingerprint density at radius 2 is 1.72 bits per heavy atom. The van der Waals surface area contributed by atoms with E-state index in [9.17, 15) is 13.2 Å². The van der Waals surface area contributed by atoms with Crippen LogP contribution >= 0.6 is 0 Å². The zero-order valence-corrected chi connectivity index (χ0v) is 18.1. The molecule has 2 fully saturated rings. The van der Waals surface area contributed by atoms with E-state index in [-0.39, 0.29) is 5.91 Å². The van der Waals surface area contributed by atoms with Gasteiger partial charge in [0.2, 0.25) is 15.9 Å². The summed E-state index contributed by atoms with van der Waals surface area (Å²) in [6.07, 6.45) is 6.81. The quantitative estimate of drug-likeness (QED) is 0.693. The van der Waals surface area contributed by atoms with Crippen LogP contribution in [0.2, 0.25) is 0 Å². The highest BCUT2D eigenvalue weighted by atomic mass is 32.2. The molecule has 1 aromatic rings. The number of ether oxygens (including phenoxy) is 1. The summed E-state index contributed by atoms with van der Waals surface area (Å²) in [5.41, 5.74) is 0. The topological polar surface area (TPSA) is 79.0 Å². The number of carbonyl (C=O) groups is 1. The van der Waals surface area contributed by atoms with E-state index in [4.69, 9.17) is 4.74 Å². The maximum Gasteiger partial charge on any atom is 0.243 e. The molecule has 1 amide bonds. The molecule has 1 heterocycles. The van der Waals surface area contributed by atoms with E-state index in [2.05, 4.69) is 10.2 Å². The highest BCUT2D eigenvalue weighted by Crippen LogP contribution is 2.26. The third-order valence-electron chi connectivity index (χ3n) is 5.98. The number of nitrogens with zero attached hydrogens (tertiary/aromatic N) is 2. The van der Waals surface area contributed by atoms with E-state index in [0.29, 0.717) is 55.7 Å². The van der Waals surface area contributed by atoms with Gasteiger partial charge in [0.15, 0.2) is 0 Å². The Labute approximate surface area is 174 Å². The van der Waals surface area contributed by atoms with Crippen molar-refractivity contribution >= 4 is 15.9 Å². The zero-order chi connectivity index (χ0) is 20.7. The molecule has 1 N–H and O–H groups in total. The molecule has 1 saturated carbocycles. The Balaban J connectivity index is 1.38. The monoisotopic (exact) mass is 423 g/mol. The van der Waals surface area contributed by atoms with Gasteiger partial charge < -0.3 is 10.1 Å². The normalized spacial score (nSPS) is 19.8. The lowest BCUT2D eigenvalue weighted by atomic mass is 9.87. The fourth-order valence-corrected chi connectivity index (χ4v) is 5.59. The molecule has 29 heavy (non-hydrogen) atoms. The highest BCUT2D eigenvalue weighted by molar-refractivity contribution is 7.89. The van der Waals surface area contributed by atoms with Crippen molar-refractivity contribution in [3.63, 3.8) is 0 Å². The summed E-state index contributed by atoms with van der Waals surface area (Å²) in [6, 6.07) is 6.50. The summed E-state index contributed by atoms with van der Waals surface area (Å²) >= 11 is 0. The number of carbonyl (C=O) groups excluding carboxylic acids is 1. The number of benzene rings is 1. The van der Waals surface area contributed by atoms with Gasteiger partial charge in [0, 0.05) is 45.7 Å². The minimum Gasteiger partial charge on any atom is -0.497 e. The Bertz CT molecular complexity index is 753. The predicted molar refractivity (Wildman–Crippen MR) is 112 cm³/mol. The molecule has 8 heteroatoms. The summed E-state index contributed by atoms with van der Waals surface area (Å²) < 4.78 is 32.2. The Morgan fingerprint density at radius 1 is 1.07 bits per heavy atom. The number of hydrogen-bond donors (Lipinski definition) is 1. The second kappa shape index (κ2) is 10.4. The highest BCUT2D eigenvalue weighted by Gasteiger charge is 2.28. The van der Waals surface area contributed by atoms with Gasteiger partial charge in [-0.15, -0.1) is 0 Å².